The van der Waals surface area contributed by atoms with Gasteiger partial charge in [0.05, 0.1) is 25.4 Å². The van der Waals surface area contributed by atoms with E-state index in [4.69, 9.17) is 19.9 Å². The standard InChI is InChI=1S/C19H34N2O11/c1-7(4-12-19(20,8(2)24)17(28)15(27)11(6-23)31-12)30-16-13(21-9(3)25)18(29)32-10(5-22)14(16)26/h7,10-18,22-23,26-29H,4-6,20H2,1-3H3,(H,21,25)/t7?,10-,11-,12?,13-,14-,15-,16-,17+,18+,19+/m1/s1. The average Bonchev–Trinajstić information content (AvgIpc) is 2.72. The van der Waals surface area contributed by atoms with Crippen LogP contribution in [0.25, 0.3) is 0 Å². The van der Waals surface area contributed by atoms with Crippen molar-refractivity contribution in [1.29, 1.82) is 0 Å². The van der Waals surface area contributed by atoms with Crippen molar-refractivity contribution in [3.05, 3.63) is 0 Å². The molecule has 2 saturated heterocycles. The summed E-state index contributed by atoms with van der Waals surface area (Å²) in [6.45, 7) is 2.62. The third-order valence-corrected chi connectivity index (χ3v) is 6.03. The van der Waals surface area contributed by atoms with Gasteiger partial charge in [-0.2, -0.15) is 0 Å². The Labute approximate surface area is 185 Å². The van der Waals surface area contributed by atoms with E-state index >= 15 is 0 Å². The predicted octanol–water partition coefficient (Wildman–Crippen LogP) is -4.51. The molecule has 0 aromatic heterocycles. The molecule has 0 aromatic carbocycles. The average molecular weight is 466 g/mol. The van der Waals surface area contributed by atoms with Gasteiger partial charge in [-0.25, -0.2) is 0 Å². The monoisotopic (exact) mass is 466 g/mol. The minimum absolute atomic E-state index is 0.118. The second kappa shape index (κ2) is 10.8. The van der Waals surface area contributed by atoms with E-state index in [1.807, 2.05) is 0 Å². The summed E-state index contributed by atoms with van der Waals surface area (Å²) in [6.07, 6.45) is -12.0. The topological polar surface area (TPSA) is 221 Å². The van der Waals surface area contributed by atoms with Crippen molar-refractivity contribution in [2.75, 3.05) is 13.2 Å². The molecule has 0 radical (unpaired) electrons. The van der Waals surface area contributed by atoms with Crippen molar-refractivity contribution >= 4 is 11.7 Å². The van der Waals surface area contributed by atoms with E-state index in [1.54, 1.807) is 6.92 Å². The number of hydrogen-bond acceptors (Lipinski definition) is 12. The highest BCUT2D eigenvalue weighted by molar-refractivity contribution is 5.87. The number of amides is 1. The molecule has 13 heteroatoms. The molecule has 0 saturated carbocycles. The Balaban J connectivity index is 2.23. The number of aliphatic hydroxyl groups excluding tert-OH is 6. The Morgan fingerprint density at radius 1 is 1.06 bits per heavy atom. The summed E-state index contributed by atoms with van der Waals surface area (Å²) >= 11 is 0. The maximum absolute atomic E-state index is 12.3. The van der Waals surface area contributed by atoms with Gasteiger partial charge in [-0.05, 0) is 13.8 Å². The van der Waals surface area contributed by atoms with E-state index in [-0.39, 0.29) is 6.42 Å². The fourth-order valence-electron chi connectivity index (χ4n) is 4.18. The second-order valence-electron chi connectivity index (χ2n) is 8.38. The normalized spacial score (nSPS) is 43.5. The number of Topliss-reactive ketones (excluding diaryl/α,β-unsaturated/α-hetero) is 1. The number of aliphatic hydroxyl groups is 6. The van der Waals surface area contributed by atoms with Crippen molar-refractivity contribution in [2.45, 2.75) is 93.9 Å². The SMILES string of the molecule is CC(=O)N[C@@H]1[C@@H](OC(C)CC2O[C@H](CO)[C@@H](O)[C@H](O)[C@]2(N)C(C)=O)[C@H](O)[C@@H](CO)O[C@@H]1O. The van der Waals surface area contributed by atoms with Crippen LogP contribution in [-0.4, -0.2) is 122 Å². The van der Waals surface area contributed by atoms with Gasteiger partial charge >= 0.3 is 0 Å². The van der Waals surface area contributed by atoms with Crippen molar-refractivity contribution < 1.29 is 54.4 Å². The summed E-state index contributed by atoms with van der Waals surface area (Å²) in [6, 6.07) is -1.17. The third kappa shape index (κ3) is 5.28. The molecule has 0 spiro atoms. The van der Waals surface area contributed by atoms with Gasteiger partial charge in [-0.3, -0.25) is 9.59 Å². The van der Waals surface area contributed by atoms with Gasteiger partial charge in [0.2, 0.25) is 5.91 Å². The van der Waals surface area contributed by atoms with Gasteiger partial charge in [0.1, 0.15) is 48.2 Å². The zero-order chi connectivity index (χ0) is 24.4. The lowest BCUT2D eigenvalue weighted by atomic mass is 9.75. The van der Waals surface area contributed by atoms with Crippen LogP contribution < -0.4 is 11.1 Å². The summed E-state index contributed by atoms with van der Waals surface area (Å²) < 4.78 is 16.6. The number of carbonyl (C=O) groups is 2. The van der Waals surface area contributed by atoms with Crippen LogP contribution in [0, 0.1) is 0 Å². The molecule has 0 aliphatic carbocycles. The molecule has 2 rings (SSSR count). The second-order valence-corrected chi connectivity index (χ2v) is 8.38. The highest BCUT2D eigenvalue weighted by atomic mass is 16.6. The smallest absolute Gasteiger partial charge is 0.217 e. The van der Waals surface area contributed by atoms with Crippen LogP contribution >= 0.6 is 0 Å². The van der Waals surface area contributed by atoms with Crippen LogP contribution in [-0.2, 0) is 23.8 Å². The summed E-state index contributed by atoms with van der Waals surface area (Å²) in [5, 5.41) is 62.6. The molecule has 2 fully saturated rings. The van der Waals surface area contributed by atoms with E-state index in [9.17, 15) is 40.2 Å². The molecular formula is C19H34N2O11. The van der Waals surface area contributed by atoms with Crippen molar-refractivity contribution in [1.82, 2.24) is 5.32 Å². The molecule has 2 aliphatic rings. The Kier molecular flexibility index (Phi) is 9.09. The third-order valence-electron chi connectivity index (χ3n) is 6.03. The first-order chi connectivity index (χ1) is 14.9. The van der Waals surface area contributed by atoms with E-state index in [1.165, 1.54) is 6.92 Å². The number of nitrogens with two attached hydrogens (primary N) is 1. The highest BCUT2D eigenvalue weighted by Crippen LogP contribution is 2.33. The zero-order valence-electron chi connectivity index (χ0n) is 18.2. The highest BCUT2D eigenvalue weighted by Gasteiger charge is 2.56. The van der Waals surface area contributed by atoms with Crippen LogP contribution in [0.1, 0.15) is 27.2 Å². The van der Waals surface area contributed by atoms with Gasteiger partial charge in [0.15, 0.2) is 12.1 Å². The van der Waals surface area contributed by atoms with Gasteiger partial charge < -0.3 is 55.9 Å². The minimum Gasteiger partial charge on any atom is -0.394 e. The fraction of sp³-hybridized carbons (Fsp3) is 0.895. The fourth-order valence-corrected chi connectivity index (χ4v) is 4.18. The van der Waals surface area contributed by atoms with E-state index in [0.717, 1.165) is 6.92 Å². The molecule has 0 aromatic rings. The molecule has 11 atom stereocenters. The molecule has 186 valence electrons. The lowest BCUT2D eigenvalue weighted by Gasteiger charge is -2.49. The summed E-state index contributed by atoms with van der Waals surface area (Å²) in [5.41, 5.74) is 4.14. The predicted molar refractivity (Wildman–Crippen MR) is 106 cm³/mol. The summed E-state index contributed by atoms with van der Waals surface area (Å²) in [7, 11) is 0. The van der Waals surface area contributed by atoms with Crippen LogP contribution in [0.4, 0.5) is 0 Å². The minimum atomic E-state index is -2.00. The first kappa shape index (κ1) is 27.0. The number of hydrogen-bond donors (Lipinski definition) is 8. The maximum Gasteiger partial charge on any atom is 0.217 e. The summed E-state index contributed by atoms with van der Waals surface area (Å²) in [4.78, 5) is 23.8. The quantitative estimate of drug-likeness (QED) is 0.170. The van der Waals surface area contributed by atoms with E-state index in [0.29, 0.717) is 0 Å². The number of nitrogens with one attached hydrogen (secondary N) is 1. The van der Waals surface area contributed by atoms with Crippen molar-refractivity contribution in [2.24, 2.45) is 5.73 Å². The largest absolute Gasteiger partial charge is 0.394 e. The molecule has 32 heavy (non-hydrogen) atoms. The van der Waals surface area contributed by atoms with Gasteiger partial charge in [-0.1, -0.05) is 0 Å². The van der Waals surface area contributed by atoms with Gasteiger partial charge in [0.25, 0.3) is 0 Å². The summed E-state index contributed by atoms with van der Waals surface area (Å²) in [5.74, 6) is -1.18. The molecule has 2 aliphatic heterocycles. The van der Waals surface area contributed by atoms with Gasteiger partial charge in [0, 0.05) is 13.3 Å². The van der Waals surface area contributed by atoms with Crippen molar-refractivity contribution in [3.63, 3.8) is 0 Å². The Morgan fingerprint density at radius 2 is 1.62 bits per heavy atom. The Bertz CT molecular complexity index is 667. The lowest BCUT2D eigenvalue weighted by Crippen LogP contribution is -2.74. The Hall–Kier alpha value is -1.26. The molecule has 9 N–H and O–H groups in total. The number of rotatable bonds is 8. The maximum atomic E-state index is 12.3. The van der Waals surface area contributed by atoms with E-state index < -0.39 is 91.6 Å². The molecule has 0 bridgehead atoms. The van der Waals surface area contributed by atoms with Crippen molar-refractivity contribution in [3.8, 4) is 0 Å². The van der Waals surface area contributed by atoms with Crippen LogP contribution in [0.15, 0.2) is 0 Å². The Morgan fingerprint density at radius 3 is 2.12 bits per heavy atom. The number of carbonyl (C=O) groups excluding carboxylic acids is 2. The first-order valence-electron chi connectivity index (χ1n) is 10.4. The van der Waals surface area contributed by atoms with Crippen LogP contribution in [0.5, 0.6) is 0 Å². The molecule has 1 amide bonds. The van der Waals surface area contributed by atoms with Crippen LogP contribution in [0.3, 0.4) is 0 Å². The zero-order valence-corrected chi connectivity index (χ0v) is 18.2. The molecular weight excluding hydrogens is 432 g/mol. The van der Waals surface area contributed by atoms with Crippen LogP contribution in [0.2, 0.25) is 0 Å². The molecule has 2 unspecified atom stereocenters. The lowest BCUT2D eigenvalue weighted by molar-refractivity contribution is -0.271. The van der Waals surface area contributed by atoms with E-state index in [2.05, 4.69) is 5.32 Å². The first-order valence-corrected chi connectivity index (χ1v) is 10.4. The number of ether oxygens (including phenoxy) is 3. The molecule has 13 nitrogen and oxygen atoms in total. The van der Waals surface area contributed by atoms with Gasteiger partial charge in [-0.15, -0.1) is 0 Å². The number of ketones is 1. The molecule has 2 heterocycles.